The van der Waals surface area contributed by atoms with E-state index in [0.29, 0.717) is 10.7 Å². The van der Waals surface area contributed by atoms with Gasteiger partial charge in [-0.15, -0.1) is 0 Å². The number of methoxy groups -OCH3 is 1. The summed E-state index contributed by atoms with van der Waals surface area (Å²) in [6.45, 7) is 3.52. The van der Waals surface area contributed by atoms with Crippen LogP contribution in [0, 0.1) is 18.8 Å². The molecule has 196 valence electrons. The largest absolute Gasteiger partial charge is 0.469 e. The van der Waals surface area contributed by atoms with Crippen molar-refractivity contribution in [1.29, 1.82) is 0 Å². The molecular weight excluding hydrogens is 494 g/mol. The fourth-order valence-corrected chi connectivity index (χ4v) is 4.43. The van der Waals surface area contributed by atoms with E-state index in [9.17, 15) is 14.4 Å². The van der Waals surface area contributed by atoms with Gasteiger partial charge >= 0.3 is 17.3 Å². The number of nitrogen functional groups attached to an aromatic ring is 1. The molecule has 1 saturated carbocycles. The van der Waals surface area contributed by atoms with Crippen LogP contribution < -0.4 is 22.8 Å². The highest BCUT2D eigenvalue weighted by molar-refractivity contribution is 6.30. The number of rotatable bonds is 9. The van der Waals surface area contributed by atoms with E-state index in [-0.39, 0.29) is 18.7 Å². The van der Waals surface area contributed by atoms with Gasteiger partial charge in [-0.3, -0.25) is 9.36 Å². The molecule has 1 aliphatic rings. The molecule has 3 aromatic rings. The first kappa shape index (κ1) is 26.5. The van der Waals surface area contributed by atoms with Crippen molar-refractivity contribution in [3.8, 4) is 0 Å². The highest BCUT2D eigenvalue weighted by Gasteiger charge is 2.21. The van der Waals surface area contributed by atoms with Crippen LogP contribution in [0.5, 0.6) is 0 Å². The van der Waals surface area contributed by atoms with E-state index in [1.165, 1.54) is 36.5 Å². The Labute approximate surface area is 219 Å². The summed E-state index contributed by atoms with van der Waals surface area (Å²) in [6, 6.07) is 12.8. The summed E-state index contributed by atoms with van der Waals surface area (Å²) in [4.78, 5) is 43.3. The maximum atomic E-state index is 13.6. The topological polar surface area (TPSA) is 114 Å². The van der Waals surface area contributed by atoms with Crippen molar-refractivity contribution in [2.75, 3.05) is 13.0 Å². The summed E-state index contributed by atoms with van der Waals surface area (Å²) in [7, 11) is 1.25. The number of esters is 1. The highest BCUT2D eigenvalue weighted by Crippen LogP contribution is 2.34. The standard InChI is InChI=1S/C27H32ClN5O4/c1-17-14-23(13-10-21(17)9-6-19-4-5-19)30-25-31(16-20-7-11-22(28)12-8-20)26(35)32(27(36)33(25)29)15-18(2)24(34)37-3/h7-8,10-14,18-19H,4-6,9,15-16,29H2,1-3H3/b30-25-/t18-/m0/s1. The monoisotopic (exact) mass is 525 g/mol. The van der Waals surface area contributed by atoms with Gasteiger partial charge in [-0.2, -0.15) is 4.68 Å². The Balaban J connectivity index is 1.82. The van der Waals surface area contributed by atoms with E-state index in [1.807, 2.05) is 25.1 Å². The van der Waals surface area contributed by atoms with Crippen LogP contribution in [-0.4, -0.2) is 26.9 Å². The first-order chi connectivity index (χ1) is 17.7. The fourth-order valence-electron chi connectivity index (χ4n) is 4.30. The Kier molecular flexibility index (Phi) is 8.02. The Hall–Kier alpha value is -3.59. The molecule has 37 heavy (non-hydrogen) atoms. The molecule has 4 rings (SSSR count). The third-order valence-electron chi connectivity index (χ3n) is 6.74. The average molecular weight is 526 g/mol. The van der Waals surface area contributed by atoms with Crippen molar-refractivity contribution < 1.29 is 9.53 Å². The van der Waals surface area contributed by atoms with Gasteiger partial charge in [0.05, 0.1) is 25.3 Å². The van der Waals surface area contributed by atoms with Crippen molar-refractivity contribution in [2.45, 2.75) is 52.6 Å². The third-order valence-corrected chi connectivity index (χ3v) is 7.00. The smallest absolute Gasteiger partial charge is 0.353 e. The molecule has 0 aliphatic heterocycles. The molecule has 1 aliphatic carbocycles. The van der Waals surface area contributed by atoms with Gasteiger partial charge in [0.25, 0.3) is 0 Å². The number of carbonyl (C=O) groups excluding carboxylic acids is 1. The molecule has 1 fully saturated rings. The molecule has 1 heterocycles. The van der Waals surface area contributed by atoms with Crippen LogP contribution in [0.1, 0.15) is 42.9 Å². The maximum absolute atomic E-state index is 13.6. The molecule has 2 aromatic carbocycles. The maximum Gasteiger partial charge on any atom is 0.353 e. The number of nitrogens with two attached hydrogens (primary N) is 1. The lowest BCUT2D eigenvalue weighted by Crippen LogP contribution is -2.58. The summed E-state index contributed by atoms with van der Waals surface area (Å²) in [5.74, 6) is 5.79. The van der Waals surface area contributed by atoms with Crippen molar-refractivity contribution in [3.63, 3.8) is 0 Å². The minimum absolute atomic E-state index is 0.00273. The molecule has 0 bridgehead atoms. The predicted octanol–water partition coefficient (Wildman–Crippen LogP) is 2.92. The lowest BCUT2D eigenvalue weighted by atomic mass is 10.0. The first-order valence-electron chi connectivity index (χ1n) is 12.4. The van der Waals surface area contributed by atoms with E-state index in [1.54, 1.807) is 31.2 Å². The van der Waals surface area contributed by atoms with Gasteiger partial charge < -0.3 is 10.6 Å². The Morgan fingerprint density at radius 1 is 1.14 bits per heavy atom. The van der Waals surface area contributed by atoms with Gasteiger partial charge in [-0.05, 0) is 66.6 Å². The van der Waals surface area contributed by atoms with Crippen molar-refractivity contribution in [1.82, 2.24) is 13.8 Å². The minimum Gasteiger partial charge on any atom is -0.469 e. The predicted molar refractivity (Wildman–Crippen MR) is 142 cm³/mol. The van der Waals surface area contributed by atoms with Crippen molar-refractivity contribution in [3.05, 3.63) is 90.8 Å². The number of aryl methyl sites for hydroxylation is 2. The molecular formula is C27H32ClN5O4. The average Bonchev–Trinajstić information content (AvgIpc) is 3.72. The zero-order chi connectivity index (χ0) is 26.7. The van der Waals surface area contributed by atoms with Gasteiger partial charge in [0, 0.05) is 11.6 Å². The SMILES string of the molecule is COC(=O)[C@@H](C)Cn1c(=O)n(N)/c(=N\c2ccc(CCC3CC3)c(C)c2)n(Cc2ccc(Cl)cc2)c1=O. The van der Waals surface area contributed by atoms with Gasteiger partial charge in [-0.1, -0.05) is 49.6 Å². The highest BCUT2D eigenvalue weighted by atomic mass is 35.5. The number of hydrogen-bond donors (Lipinski definition) is 1. The van der Waals surface area contributed by atoms with Crippen LogP contribution in [0.4, 0.5) is 5.69 Å². The molecule has 2 N–H and O–H groups in total. The summed E-state index contributed by atoms with van der Waals surface area (Å²) in [5.41, 5.74) is 2.29. The molecule has 10 heteroatoms. The number of nitrogens with zero attached hydrogens (tertiary/aromatic N) is 4. The molecule has 0 amide bonds. The summed E-state index contributed by atoms with van der Waals surface area (Å²) in [5, 5.41) is 0.559. The molecule has 0 spiro atoms. The van der Waals surface area contributed by atoms with E-state index < -0.39 is 23.3 Å². The van der Waals surface area contributed by atoms with E-state index >= 15 is 0 Å². The Bertz CT molecular complexity index is 1480. The van der Waals surface area contributed by atoms with Crippen molar-refractivity contribution >= 4 is 23.3 Å². The van der Waals surface area contributed by atoms with E-state index in [0.717, 1.165) is 32.7 Å². The van der Waals surface area contributed by atoms with Crippen LogP contribution in [0.3, 0.4) is 0 Å². The minimum atomic E-state index is -0.773. The Morgan fingerprint density at radius 3 is 2.46 bits per heavy atom. The van der Waals surface area contributed by atoms with Gasteiger partial charge in [-0.25, -0.2) is 19.1 Å². The summed E-state index contributed by atoms with van der Waals surface area (Å²) in [6.07, 6.45) is 4.84. The summed E-state index contributed by atoms with van der Waals surface area (Å²) < 4.78 is 7.86. The lowest BCUT2D eigenvalue weighted by Gasteiger charge is -2.16. The van der Waals surface area contributed by atoms with Crippen LogP contribution in [0.15, 0.2) is 57.0 Å². The van der Waals surface area contributed by atoms with Crippen LogP contribution in [0.2, 0.25) is 5.02 Å². The normalized spacial score (nSPS) is 14.5. The number of ether oxygens (including phenoxy) is 1. The van der Waals surface area contributed by atoms with Crippen LogP contribution >= 0.6 is 11.6 Å². The second kappa shape index (κ2) is 11.2. The molecule has 0 unspecified atom stereocenters. The second-order valence-electron chi connectivity index (χ2n) is 9.69. The van der Waals surface area contributed by atoms with Crippen LogP contribution in [-0.2, 0) is 29.0 Å². The summed E-state index contributed by atoms with van der Waals surface area (Å²) >= 11 is 6.03. The first-order valence-corrected chi connectivity index (χ1v) is 12.7. The van der Waals surface area contributed by atoms with E-state index in [4.69, 9.17) is 22.2 Å². The van der Waals surface area contributed by atoms with Gasteiger partial charge in [0.15, 0.2) is 0 Å². The number of hydrogen-bond acceptors (Lipinski definition) is 6. The molecule has 1 atom stereocenters. The number of halogens is 1. The quantitative estimate of drug-likeness (QED) is 0.341. The fraction of sp³-hybridized carbons (Fsp3) is 0.407. The second-order valence-corrected chi connectivity index (χ2v) is 10.1. The Morgan fingerprint density at radius 2 is 1.84 bits per heavy atom. The molecule has 0 radical (unpaired) electrons. The zero-order valence-corrected chi connectivity index (χ0v) is 22.1. The lowest BCUT2D eigenvalue weighted by molar-refractivity contribution is -0.145. The molecule has 1 aromatic heterocycles. The van der Waals surface area contributed by atoms with Crippen LogP contribution in [0.25, 0.3) is 0 Å². The van der Waals surface area contributed by atoms with Gasteiger partial charge in [0.2, 0.25) is 5.62 Å². The molecule has 9 nitrogen and oxygen atoms in total. The number of aromatic nitrogens is 3. The number of carbonyl (C=O) groups is 1. The van der Waals surface area contributed by atoms with Crippen molar-refractivity contribution in [2.24, 2.45) is 16.8 Å². The zero-order valence-electron chi connectivity index (χ0n) is 21.3. The third kappa shape index (κ3) is 6.22. The molecule has 0 saturated heterocycles. The number of benzene rings is 2. The van der Waals surface area contributed by atoms with E-state index in [2.05, 4.69) is 4.99 Å². The van der Waals surface area contributed by atoms with Gasteiger partial charge in [0.1, 0.15) is 0 Å².